The number of ketones is 1. The summed E-state index contributed by atoms with van der Waals surface area (Å²) in [6, 6.07) is 9.65. The molecule has 0 spiro atoms. The quantitative estimate of drug-likeness (QED) is 0.826. The Morgan fingerprint density at radius 1 is 1.33 bits per heavy atom. The number of nitrogens with zero attached hydrogens (tertiary/aromatic N) is 1. The van der Waals surface area contributed by atoms with E-state index in [1.54, 1.807) is 13.1 Å². The summed E-state index contributed by atoms with van der Waals surface area (Å²) < 4.78 is 5.87. The summed E-state index contributed by atoms with van der Waals surface area (Å²) in [5.41, 5.74) is 0.455. The van der Waals surface area contributed by atoms with Gasteiger partial charge in [-0.2, -0.15) is 0 Å². The SMILES string of the molecule is CC(=O)CC(C)(C)Oc1ccc2ncccc2c1. The lowest BCUT2D eigenvalue weighted by atomic mass is 10.0. The van der Waals surface area contributed by atoms with Crippen LogP contribution < -0.4 is 4.74 Å². The first kappa shape index (κ1) is 12.6. The second kappa shape index (κ2) is 4.77. The molecule has 2 aromatic rings. The highest BCUT2D eigenvalue weighted by molar-refractivity contribution is 5.80. The fraction of sp³-hybridized carbons (Fsp3) is 0.333. The number of aromatic nitrogens is 1. The van der Waals surface area contributed by atoms with E-state index in [0.29, 0.717) is 6.42 Å². The number of carbonyl (C=O) groups excluding carboxylic acids is 1. The van der Waals surface area contributed by atoms with Crippen molar-refractivity contribution in [2.24, 2.45) is 0 Å². The molecule has 1 heterocycles. The largest absolute Gasteiger partial charge is 0.487 e. The monoisotopic (exact) mass is 243 g/mol. The number of rotatable bonds is 4. The zero-order valence-electron chi connectivity index (χ0n) is 10.9. The predicted molar refractivity (Wildman–Crippen MR) is 71.7 cm³/mol. The summed E-state index contributed by atoms with van der Waals surface area (Å²) in [7, 11) is 0. The topological polar surface area (TPSA) is 39.2 Å². The molecule has 0 unspecified atom stereocenters. The zero-order valence-corrected chi connectivity index (χ0v) is 10.9. The second-order valence-electron chi connectivity index (χ2n) is 5.10. The molecule has 0 aliphatic heterocycles. The van der Waals surface area contributed by atoms with Gasteiger partial charge in [-0.05, 0) is 45.0 Å². The Labute approximate surface area is 107 Å². The lowest BCUT2D eigenvalue weighted by Crippen LogP contribution is -2.30. The molecule has 1 aromatic carbocycles. The summed E-state index contributed by atoms with van der Waals surface area (Å²) in [6.07, 6.45) is 2.17. The van der Waals surface area contributed by atoms with Crippen LogP contribution in [0.1, 0.15) is 27.2 Å². The first-order valence-electron chi connectivity index (χ1n) is 5.99. The summed E-state index contributed by atoms with van der Waals surface area (Å²) in [5.74, 6) is 0.893. The lowest BCUT2D eigenvalue weighted by Gasteiger charge is -2.25. The van der Waals surface area contributed by atoms with E-state index in [-0.39, 0.29) is 5.78 Å². The summed E-state index contributed by atoms with van der Waals surface area (Å²) in [4.78, 5) is 15.4. The maximum Gasteiger partial charge on any atom is 0.133 e. The molecule has 0 radical (unpaired) electrons. The molecule has 0 fully saturated rings. The Morgan fingerprint density at radius 2 is 2.11 bits per heavy atom. The first-order valence-corrected chi connectivity index (χ1v) is 5.99. The summed E-state index contributed by atoms with van der Waals surface area (Å²) >= 11 is 0. The normalized spacial score (nSPS) is 11.5. The van der Waals surface area contributed by atoms with E-state index in [0.717, 1.165) is 16.7 Å². The molecular formula is C15H17NO2. The van der Waals surface area contributed by atoms with Crippen molar-refractivity contribution < 1.29 is 9.53 Å². The number of ether oxygens (including phenoxy) is 1. The first-order chi connectivity index (χ1) is 8.46. The van der Waals surface area contributed by atoms with Crippen LogP contribution in [0.5, 0.6) is 5.75 Å². The zero-order chi connectivity index (χ0) is 13.2. The molecule has 2 rings (SSSR count). The van der Waals surface area contributed by atoms with Gasteiger partial charge < -0.3 is 4.74 Å². The third kappa shape index (κ3) is 3.06. The van der Waals surface area contributed by atoms with E-state index in [1.165, 1.54) is 0 Å². The minimum absolute atomic E-state index is 0.127. The molecule has 0 saturated heterocycles. The summed E-state index contributed by atoms with van der Waals surface area (Å²) in [5, 5.41) is 1.04. The minimum atomic E-state index is -0.484. The van der Waals surface area contributed by atoms with Gasteiger partial charge in [0.25, 0.3) is 0 Å². The van der Waals surface area contributed by atoms with Crippen LogP contribution in [0.3, 0.4) is 0 Å². The van der Waals surface area contributed by atoms with E-state index in [1.807, 2.05) is 44.2 Å². The molecule has 3 heteroatoms. The fourth-order valence-corrected chi connectivity index (χ4v) is 2.07. The maximum absolute atomic E-state index is 11.2. The van der Waals surface area contributed by atoms with Gasteiger partial charge in [0.2, 0.25) is 0 Å². The van der Waals surface area contributed by atoms with Crippen molar-refractivity contribution in [3.63, 3.8) is 0 Å². The maximum atomic E-state index is 11.2. The van der Waals surface area contributed by atoms with Crippen molar-refractivity contribution in [1.29, 1.82) is 0 Å². The number of hydrogen-bond donors (Lipinski definition) is 0. The molecule has 1 aromatic heterocycles. The van der Waals surface area contributed by atoms with Crippen molar-refractivity contribution in [3.8, 4) is 5.75 Å². The van der Waals surface area contributed by atoms with Crippen LogP contribution in [0.2, 0.25) is 0 Å². The van der Waals surface area contributed by atoms with Crippen LogP contribution >= 0.6 is 0 Å². The molecule has 0 bridgehead atoms. The van der Waals surface area contributed by atoms with Gasteiger partial charge in [0, 0.05) is 18.0 Å². The molecule has 3 nitrogen and oxygen atoms in total. The van der Waals surface area contributed by atoms with Gasteiger partial charge in [0.1, 0.15) is 17.1 Å². The average molecular weight is 243 g/mol. The second-order valence-corrected chi connectivity index (χ2v) is 5.10. The Kier molecular flexibility index (Phi) is 3.32. The Morgan fingerprint density at radius 3 is 2.83 bits per heavy atom. The highest BCUT2D eigenvalue weighted by atomic mass is 16.5. The average Bonchev–Trinajstić information content (AvgIpc) is 2.26. The number of carbonyl (C=O) groups is 1. The minimum Gasteiger partial charge on any atom is -0.487 e. The van der Waals surface area contributed by atoms with Crippen molar-refractivity contribution in [2.75, 3.05) is 0 Å². The van der Waals surface area contributed by atoms with Gasteiger partial charge in [-0.3, -0.25) is 9.78 Å². The van der Waals surface area contributed by atoms with Crippen LogP contribution in [0.4, 0.5) is 0 Å². The highest BCUT2D eigenvalue weighted by Crippen LogP contribution is 2.24. The molecule has 18 heavy (non-hydrogen) atoms. The Bertz CT molecular complexity index is 575. The van der Waals surface area contributed by atoms with E-state index in [4.69, 9.17) is 4.74 Å². The van der Waals surface area contributed by atoms with E-state index in [2.05, 4.69) is 4.98 Å². The van der Waals surface area contributed by atoms with Crippen molar-refractivity contribution in [2.45, 2.75) is 32.8 Å². The van der Waals surface area contributed by atoms with Crippen LogP contribution in [0.25, 0.3) is 10.9 Å². The third-order valence-corrected chi connectivity index (χ3v) is 2.64. The number of Topliss-reactive ketones (excluding diaryl/α,β-unsaturated/α-hetero) is 1. The summed E-state index contributed by atoms with van der Waals surface area (Å²) in [6.45, 7) is 5.42. The number of fused-ring (bicyclic) bond motifs is 1. The Balaban J connectivity index is 2.24. The number of benzene rings is 1. The van der Waals surface area contributed by atoms with Crippen LogP contribution in [-0.2, 0) is 4.79 Å². The molecule has 0 aliphatic rings. The lowest BCUT2D eigenvalue weighted by molar-refractivity contribution is -0.120. The van der Waals surface area contributed by atoms with E-state index < -0.39 is 5.60 Å². The van der Waals surface area contributed by atoms with Gasteiger partial charge in [-0.15, -0.1) is 0 Å². The Hall–Kier alpha value is -1.90. The predicted octanol–water partition coefficient (Wildman–Crippen LogP) is 3.37. The van der Waals surface area contributed by atoms with Gasteiger partial charge in [0.05, 0.1) is 5.52 Å². The molecule has 0 aliphatic carbocycles. The van der Waals surface area contributed by atoms with Crippen LogP contribution in [0.15, 0.2) is 36.5 Å². The van der Waals surface area contributed by atoms with Crippen LogP contribution in [0, 0.1) is 0 Å². The third-order valence-electron chi connectivity index (χ3n) is 2.64. The molecule has 0 saturated carbocycles. The van der Waals surface area contributed by atoms with Gasteiger partial charge in [-0.25, -0.2) is 0 Å². The molecule has 0 atom stereocenters. The van der Waals surface area contributed by atoms with E-state index in [9.17, 15) is 4.79 Å². The van der Waals surface area contributed by atoms with Gasteiger partial charge in [-0.1, -0.05) is 6.07 Å². The van der Waals surface area contributed by atoms with Gasteiger partial charge >= 0.3 is 0 Å². The molecule has 0 N–H and O–H groups in total. The molecule has 0 amide bonds. The number of pyridine rings is 1. The van der Waals surface area contributed by atoms with Crippen molar-refractivity contribution in [1.82, 2.24) is 4.98 Å². The highest BCUT2D eigenvalue weighted by Gasteiger charge is 2.22. The van der Waals surface area contributed by atoms with Crippen molar-refractivity contribution >= 4 is 16.7 Å². The smallest absolute Gasteiger partial charge is 0.133 e. The number of hydrogen-bond acceptors (Lipinski definition) is 3. The van der Waals surface area contributed by atoms with E-state index >= 15 is 0 Å². The molecular weight excluding hydrogens is 226 g/mol. The fourth-order valence-electron chi connectivity index (χ4n) is 2.07. The van der Waals surface area contributed by atoms with Crippen LogP contribution in [-0.4, -0.2) is 16.4 Å². The standard InChI is InChI=1S/C15H17NO2/c1-11(17)10-15(2,3)18-13-6-7-14-12(9-13)5-4-8-16-14/h4-9H,10H2,1-3H3. The molecule has 94 valence electrons. The van der Waals surface area contributed by atoms with Gasteiger partial charge in [0.15, 0.2) is 0 Å². The van der Waals surface area contributed by atoms with Crippen molar-refractivity contribution in [3.05, 3.63) is 36.5 Å².